The third kappa shape index (κ3) is 2.91. The zero-order valence-corrected chi connectivity index (χ0v) is 15.9. The molecule has 2 aromatic heterocycles. The Bertz CT molecular complexity index is 1110. The first-order valence-electron chi connectivity index (χ1n) is 9.92. The van der Waals surface area contributed by atoms with Crippen molar-refractivity contribution in [3.63, 3.8) is 0 Å². The van der Waals surface area contributed by atoms with Gasteiger partial charge in [-0.15, -0.1) is 0 Å². The first-order valence-corrected chi connectivity index (χ1v) is 9.92. The molecule has 3 aromatic rings. The molecule has 0 radical (unpaired) electrons. The van der Waals surface area contributed by atoms with E-state index < -0.39 is 0 Å². The van der Waals surface area contributed by atoms with Gasteiger partial charge in [-0.2, -0.15) is 10.2 Å². The summed E-state index contributed by atoms with van der Waals surface area (Å²) < 4.78 is 3.29. The van der Waals surface area contributed by atoms with Crippen LogP contribution in [0.3, 0.4) is 0 Å². The molecule has 1 unspecified atom stereocenters. The summed E-state index contributed by atoms with van der Waals surface area (Å²) in [7, 11) is 1.85. The predicted octanol–water partition coefficient (Wildman–Crippen LogP) is 2.31. The molecule has 1 amide bonds. The van der Waals surface area contributed by atoms with Gasteiger partial charge in [-0.1, -0.05) is 18.2 Å². The summed E-state index contributed by atoms with van der Waals surface area (Å²) in [6, 6.07) is 11.2. The van der Waals surface area contributed by atoms with Crippen LogP contribution in [0.25, 0.3) is 10.9 Å². The molecule has 7 nitrogen and oxygen atoms in total. The molecule has 28 heavy (non-hydrogen) atoms. The van der Waals surface area contributed by atoms with E-state index in [1.165, 1.54) is 0 Å². The van der Waals surface area contributed by atoms with Gasteiger partial charge in [0.2, 0.25) is 0 Å². The van der Waals surface area contributed by atoms with Crippen LogP contribution in [0.5, 0.6) is 0 Å². The number of fused-ring (bicyclic) bond motifs is 1. The first kappa shape index (κ1) is 17.2. The van der Waals surface area contributed by atoms with Crippen LogP contribution in [0, 0.1) is 0 Å². The number of hydrogen-bond donors (Lipinski definition) is 0. The van der Waals surface area contributed by atoms with E-state index in [4.69, 9.17) is 0 Å². The van der Waals surface area contributed by atoms with Gasteiger partial charge in [-0.05, 0) is 37.8 Å². The zero-order valence-electron chi connectivity index (χ0n) is 15.9. The lowest BCUT2D eigenvalue weighted by molar-refractivity contribution is 0.0715. The molecule has 3 heterocycles. The van der Waals surface area contributed by atoms with E-state index in [1.807, 2.05) is 42.3 Å². The number of aromatic nitrogens is 4. The number of carbonyl (C=O) groups excluding carboxylic acids is 1. The van der Waals surface area contributed by atoms with Crippen molar-refractivity contribution < 1.29 is 4.79 Å². The van der Waals surface area contributed by atoms with Crippen molar-refractivity contribution in [2.75, 3.05) is 6.54 Å². The summed E-state index contributed by atoms with van der Waals surface area (Å²) in [5, 5.41) is 9.91. The Morgan fingerprint density at radius 2 is 1.93 bits per heavy atom. The van der Waals surface area contributed by atoms with Crippen LogP contribution in [0.1, 0.15) is 47.8 Å². The summed E-state index contributed by atoms with van der Waals surface area (Å²) in [6.07, 6.45) is 4.09. The van der Waals surface area contributed by atoms with Crippen LogP contribution < -0.4 is 5.56 Å². The minimum Gasteiger partial charge on any atom is -0.332 e. The minimum absolute atomic E-state index is 0.0343. The molecule has 1 aliphatic heterocycles. The van der Waals surface area contributed by atoms with Gasteiger partial charge in [0.15, 0.2) is 5.69 Å². The molecule has 0 bridgehead atoms. The summed E-state index contributed by atoms with van der Waals surface area (Å²) in [5.41, 5.74) is 2.31. The number of rotatable bonds is 4. The maximum atomic E-state index is 13.3. The lowest BCUT2D eigenvalue weighted by Gasteiger charge is -2.24. The summed E-state index contributed by atoms with van der Waals surface area (Å²) in [6.45, 7) is 1.13. The molecule has 1 aromatic carbocycles. The molecule has 1 aliphatic carbocycles. The normalized spacial score (nSPS) is 19.5. The number of amides is 1. The highest BCUT2D eigenvalue weighted by atomic mass is 16.2. The maximum Gasteiger partial charge on any atom is 0.275 e. The largest absolute Gasteiger partial charge is 0.332 e. The third-order valence-corrected chi connectivity index (χ3v) is 5.86. The average molecular weight is 377 g/mol. The second kappa shape index (κ2) is 6.58. The van der Waals surface area contributed by atoms with Crippen molar-refractivity contribution in [3.05, 3.63) is 58.1 Å². The predicted molar refractivity (Wildman–Crippen MR) is 105 cm³/mol. The summed E-state index contributed by atoms with van der Waals surface area (Å²) in [5.74, 6) is 0.429. The Morgan fingerprint density at radius 3 is 2.75 bits per heavy atom. The van der Waals surface area contributed by atoms with E-state index in [9.17, 15) is 9.59 Å². The average Bonchev–Trinajstić information content (AvgIpc) is 3.37. The molecule has 0 spiro atoms. The summed E-state index contributed by atoms with van der Waals surface area (Å²) >= 11 is 0. The lowest BCUT2D eigenvalue weighted by Crippen LogP contribution is -2.41. The van der Waals surface area contributed by atoms with E-state index in [-0.39, 0.29) is 17.5 Å². The van der Waals surface area contributed by atoms with Gasteiger partial charge >= 0.3 is 0 Å². The quantitative estimate of drug-likeness (QED) is 0.699. The third-order valence-electron chi connectivity index (χ3n) is 5.86. The van der Waals surface area contributed by atoms with E-state index in [2.05, 4.69) is 10.2 Å². The van der Waals surface area contributed by atoms with Gasteiger partial charge < -0.3 is 4.90 Å². The first-order chi connectivity index (χ1) is 13.6. The van der Waals surface area contributed by atoms with Crippen molar-refractivity contribution in [2.45, 2.75) is 44.2 Å². The topological polar surface area (TPSA) is 73.0 Å². The zero-order chi connectivity index (χ0) is 19.3. The fraction of sp³-hybridized carbons (Fsp3) is 0.429. The van der Waals surface area contributed by atoms with Gasteiger partial charge in [0, 0.05) is 31.0 Å². The van der Waals surface area contributed by atoms with Crippen LogP contribution in [-0.4, -0.2) is 43.0 Å². The number of aryl methyl sites for hydroxylation is 1. The van der Waals surface area contributed by atoms with E-state index in [1.54, 1.807) is 15.4 Å². The van der Waals surface area contributed by atoms with Gasteiger partial charge in [-0.25, -0.2) is 4.68 Å². The van der Waals surface area contributed by atoms with Crippen LogP contribution >= 0.6 is 0 Å². The smallest absolute Gasteiger partial charge is 0.275 e. The Balaban J connectivity index is 1.43. The number of para-hydroxylation sites is 1. The molecule has 1 saturated heterocycles. The highest BCUT2D eigenvalue weighted by Crippen LogP contribution is 2.38. The standard InChI is InChI=1S/C21H23N5O2/c1-24-18-7-3-2-6-16(18)20(23-24)21(28)25-12-4-5-15(25)13-26-19(27)11-10-17(22-26)14-8-9-14/h2-3,6-7,10-11,14-15H,4-5,8-9,12-13H2,1H3. The van der Waals surface area contributed by atoms with Crippen LogP contribution in [-0.2, 0) is 13.6 Å². The summed E-state index contributed by atoms with van der Waals surface area (Å²) in [4.78, 5) is 27.5. The number of nitrogens with zero attached hydrogens (tertiary/aromatic N) is 5. The van der Waals surface area contributed by atoms with Gasteiger partial charge in [0.1, 0.15) is 0 Å². The lowest BCUT2D eigenvalue weighted by atomic mass is 10.1. The SMILES string of the molecule is Cn1nc(C(=O)N2CCCC2Cn2nc(C3CC3)ccc2=O)c2ccccc21. The van der Waals surface area contributed by atoms with Gasteiger partial charge in [-0.3, -0.25) is 14.3 Å². The molecule has 2 fully saturated rings. The second-order valence-electron chi connectivity index (χ2n) is 7.84. The molecule has 7 heteroatoms. The number of carbonyl (C=O) groups is 1. The number of likely N-dealkylation sites (tertiary alicyclic amines) is 1. The Labute approximate surface area is 162 Å². The Kier molecular flexibility index (Phi) is 4.03. The molecule has 1 atom stereocenters. The molecule has 1 saturated carbocycles. The van der Waals surface area contributed by atoms with Crippen molar-refractivity contribution in [1.82, 2.24) is 24.5 Å². The minimum atomic E-state index is -0.105. The monoisotopic (exact) mass is 377 g/mol. The van der Waals surface area contributed by atoms with Crippen LogP contribution in [0.15, 0.2) is 41.2 Å². The second-order valence-corrected chi connectivity index (χ2v) is 7.84. The molecular weight excluding hydrogens is 354 g/mol. The number of hydrogen-bond acceptors (Lipinski definition) is 4. The van der Waals surface area contributed by atoms with Crippen molar-refractivity contribution in [2.24, 2.45) is 7.05 Å². The Hall–Kier alpha value is -2.96. The van der Waals surface area contributed by atoms with E-state index in [0.717, 1.165) is 42.3 Å². The van der Waals surface area contributed by atoms with E-state index >= 15 is 0 Å². The fourth-order valence-electron chi connectivity index (χ4n) is 4.19. The Morgan fingerprint density at radius 1 is 1.11 bits per heavy atom. The highest BCUT2D eigenvalue weighted by molar-refractivity contribution is 6.05. The molecule has 144 valence electrons. The van der Waals surface area contributed by atoms with E-state index in [0.29, 0.717) is 24.7 Å². The van der Waals surface area contributed by atoms with Crippen molar-refractivity contribution in [3.8, 4) is 0 Å². The van der Waals surface area contributed by atoms with Gasteiger partial charge in [0.05, 0.1) is 23.8 Å². The fourth-order valence-corrected chi connectivity index (χ4v) is 4.19. The maximum absolute atomic E-state index is 13.3. The van der Waals surface area contributed by atoms with Crippen LogP contribution in [0.2, 0.25) is 0 Å². The molecule has 0 N–H and O–H groups in total. The van der Waals surface area contributed by atoms with Crippen molar-refractivity contribution in [1.29, 1.82) is 0 Å². The molecule has 5 rings (SSSR count). The molecular formula is C21H23N5O2. The molecule has 2 aliphatic rings. The highest BCUT2D eigenvalue weighted by Gasteiger charge is 2.33. The number of benzene rings is 1. The van der Waals surface area contributed by atoms with Crippen molar-refractivity contribution >= 4 is 16.8 Å². The van der Waals surface area contributed by atoms with Gasteiger partial charge in [0.25, 0.3) is 11.5 Å². The van der Waals surface area contributed by atoms with Crippen LogP contribution in [0.4, 0.5) is 0 Å².